The van der Waals surface area contributed by atoms with Gasteiger partial charge in [0.05, 0.1) is 17.2 Å². The third kappa shape index (κ3) is 4.30. The fourth-order valence-electron chi connectivity index (χ4n) is 2.22. The van der Waals surface area contributed by atoms with Crippen LogP contribution in [-0.4, -0.2) is 28.3 Å². The topological polar surface area (TPSA) is 76.0 Å². The van der Waals surface area contributed by atoms with Crippen molar-refractivity contribution < 1.29 is 4.79 Å². The molecule has 1 aliphatic rings. The second kappa shape index (κ2) is 7.06. The third-order valence-corrected chi connectivity index (χ3v) is 4.13. The number of halogens is 1. The zero-order chi connectivity index (χ0) is 15.4. The molecule has 116 valence electrons. The maximum atomic E-state index is 12.4. The number of carbonyl (C=O) groups excluding carboxylic acids is 1. The van der Waals surface area contributed by atoms with Gasteiger partial charge in [0.2, 0.25) is 5.91 Å². The van der Waals surface area contributed by atoms with E-state index in [1.807, 2.05) is 13.8 Å². The predicted molar refractivity (Wildman–Crippen MR) is 85.3 cm³/mol. The summed E-state index contributed by atoms with van der Waals surface area (Å²) < 4.78 is 2.06. The molecule has 1 aliphatic carbocycles. The minimum atomic E-state index is -0.186. The van der Waals surface area contributed by atoms with Crippen molar-refractivity contribution in [3.05, 3.63) is 21.0 Å². The first kappa shape index (κ1) is 16.0. The van der Waals surface area contributed by atoms with Gasteiger partial charge < -0.3 is 10.6 Å². The molecular weight excluding hydrogens is 336 g/mol. The van der Waals surface area contributed by atoms with Gasteiger partial charge >= 0.3 is 0 Å². The molecule has 6 nitrogen and oxygen atoms in total. The first-order chi connectivity index (χ1) is 9.97. The Morgan fingerprint density at radius 3 is 2.81 bits per heavy atom. The van der Waals surface area contributed by atoms with Crippen LogP contribution in [0.25, 0.3) is 0 Å². The van der Waals surface area contributed by atoms with E-state index in [1.54, 1.807) is 6.20 Å². The molecule has 0 aromatic carbocycles. The molecule has 2 rings (SSSR count). The van der Waals surface area contributed by atoms with Crippen LogP contribution in [0.1, 0.15) is 33.1 Å². The number of nitrogens with zero attached hydrogens (tertiary/aromatic N) is 2. The van der Waals surface area contributed by atoms with Gasteiger partial charge in [0, 0.05) is 12.6 Å². The van der Waals surface area contributed by atoms with Crippen molar-refractivity contribution in [2.75, 3.05) is 11.9 Å². The second-order valence-electron chi connectivity index (χ2n) is 5.73. The molecule has 21 heavy (non-hydrogen) atoms. The van der Waals surface area contributed by atoms with Gasteiger partial charge in [-0.15, -0.1) is 0 Å². The van der Waals surface area contributed by atoms with Crippen molar-refractivity contribution >= 4 is 27.5 Å². The molecule has 1 aromatic heterocycles. The van der Waals surface area contributed by atoms with E-state index < -0.39 is 0 Å². The molecule has 0 aliphatic heterocycles. The molecule has 0 spiro atoms. The summed E-state index contributed by atoms with van der Waals surface area (Å²) in [6.45, 7) is 4.51. The molecule has 1 aromatic rings. The average molecular weight is 357 g/mol. The zero-order valence-electron chi connectivity index (χ0n) is 12.4. The summed E-state index contributed by atoms with van der Waals surface area (Å²) in [5.74, 6) is 0.409. The normalized spacial score (nSPS) is 14.9. The Bertz CT molecular complexity index is 567. The maximum absolute atomic E-state index is 12.4. The number of anilines is 1. The Balaban J connectivity index is 2.05. The van der Waals surface area contributed by atoms with Crippen molar-refractivity contribution in [2.24, 2.45) is 5.92 Å². The van der Waals surface area contributed by atoms with Gasteiger partial charge in [-0.05, 0) is 48.5 Å². The molecule has 1 heterocycles. The molecule has 0 radical (unpaired) electrons. The summed E-state index contributed by atoms with van der Waals surface area (Å²) in [4.78, 5) is 24.0. The number of aromatic nitrogens is 2. The second-order valence-corrected chi connectivity index (χ2v) is 6.58. The summed E-state index contributed by atoms with van der Waals surface area (Å²) in [5.41, 5.74) is 0.205. The maximum Gasteiger partial charge on any atom is 0.291 e. The Labute approximate surface area is 132 Å². The van der Waals surface area contributed by atoms with Crippen LogP contribution < -0.4 is 16.2 Å². The number of hydrogen-bond acceptors (Lipinski definition) is 4. The Morgan fingerprint density at radius 2 is 2.24 bits per heavy atom. The third-order valence-electron chi connectivity index (χ3n) is 3.53. The molecule has 0 bridgehead atoms. The van der Waals surface area contributed by atoms with Gasteiger partial charge in [0.25, 0.3) is 5.56 Å². The van der Waals surface area contributed by atoms with Gasteiger partial charge in [-0.25, -0.2) is 4.68 Å². The highest BCUT2D eigenvalue weighted by Crippen LogP contribution is 2.27. The summed E-state index contributed by atoms with van der Waals surface area (Å²) >= 11 is 3.31. The Morgan fingerprint density at radius 1 is 1.52 bits per heavy atom. The lowest BCUT2D eigenvalue weighted by Crippen LogP contribution is -2.37. The van der Waals surface area contributed by atoms with E-state index in [0.29, 0.717) is 22.6 Å². The monoisotopic (exact) mass is 356 g/mol. The largest absolute Gasteiger partial charge is 0.371 e. The van der Waals surface area contributed by atoms with E-state index in [2.05, 4.69) is 31.7 Å². The average Bonchev–Trinajstić information content (AvgIpc) is 2.34. The highest BCUT2D eigenvalue weighted by atomic mass is 79.9. The molecule has 1 saturated carbocycles. The van der Waals surface area contributed by atoms with Crippen molar-refractivity contribution in [3.63, 3.8) is 0 Å². The van der Waals surface area contributed by atoms with Gasteiger partial charge in [-0.2, -0.15) is 5.10 Å². The van der Waals surface area contributed by atoms with Gasteiger partial charge in [0.1, 0.15) is 5.69 Å². The fourth-order valence-corrected chi connectivity index (χ4v) is 2.62. The zero-order valence-corrected chi connectivity index (χ0v) is 13.9. The van der Waals surface area contributed by atoms with Crippen LogP contribution in [0.4, 0.5) is 5.69 Å². The van der Waals surface area contributed by atoms with Crippen LogP contribution in [0.15, 0.2) is 15.5 Å². The lowest BCUT2D eigenvalue weighted by atomic mass is 9.85. The van der Waals surface area contributed by atoms with Gasteiger partial charge in [-0.3, -0.25) is 9.59 Å². The van der Waals surface area contributed by atoms with Crippen LogP contribution >= 0.6 is 15.9 Å². The van der Waals surface area contributed by atoms with E-state index in [4.69, 9.17) is 0 Å². The smallest absolute Gasteiger partial charge is 0.291 e. The van der Waals surface area contributed by atoms with Crippen LogP contribution in [0.3, 0.4) is 0 Å². The van der Waals surface area contributed by atoms with E-state index in [-0.39, 0.29) is 24.1 Å². The molecule has 1 amide bonds. The van der Waals surface area contributed by atoms with Crippen molar-refractivity contribution in [1.82, 2.24) is 15.1 Å². The first-order valence-electron chi connectivity index (χ1n) is 7.26. The van der Waals surface area contributed by atoms with E-state index in [0.717, 1.165) is 12.8 Å². The van der Waals surface area contributed by atoms with Gasteiger partial charge in [-0.1, -0.05) is 6.42 Å². The molecule has 0 atom stereocenters. The first-order valence-corrected chi connectivity index (χ1v) is 8.05. The summed E-state index contributed by atoms with van der Waals surface area (Å²) in [6.07, 6.45) is 5.15. The van der Waals surface area contributed by atoms with Gasteiger partial charge in [0.15, 0.2) is 0 Å². The Kier molecular flexibility index (Phi) is 5.39. The number of rotatable bonds is 6. The summed E-state index contributed by atoms with van der Waals surface area (Å²) in [6, 6.07) is 0.0791. The molecule has 0 saturated heterocycles. The molecule has 0 unspecified atom stereocenters. The van der Waals surface area contributed by atoms with Crippen LogP contribution in [-0.2, 0) is 11.3 Å². The predicted octanol–water partition coefficient (Wildman–Crippen LogP) is 1.74. The lowest BCUT2D eigenvalue weighted by Gasteiger charge is -2.25. The number of nitrogens with one attached hydrogen (secondary N) is 2. The van der Waals surface area contributed by atoms with Crippen LogP contribution in [0, 0.1) is 5.92 Å². The van der Waals surface area contributed by atoms with E-state index in [9.17, 15) is 9.59 Å². The minimum Gasteiger partial charge on any atom is -0.371 e. The van der Waals surface area contributed by atoms with Crippen molar-refractivity contribution in [1.29, 1.82) is 0 Å². The number of hydrogen-bond donors (Lipinski definition) is 2. The molecule has 7 heteroatoms. The lowest BCUT2D eigenvalue weighted by molar-refractivity contribution is -0.119. The minimum absolute atomic E-state index is 0.0689. The highest BCUT2D eigenvalue weighted by Gasteiger charge is 2.20. The summed E-state index contributed by atoms with van der Waals surface area (Å²) in [5, 5.41) is 9.83. The van der Waals surface area contributed by atoms with Crippen LogP contribution in [0.2, 0.25) is 0 Å². The fraction of sp³-hybridized carbons (Fsp3) is 0.643. The molecule has 1 fully saturated rings. The Hall–Kier alpha value is -1.37. The van der Waals surface area contributed by atoms with E-state index in [1.165, 1.54) is 11.1 Å². The molecular formula is C14H21BrN4O2. The number of carbonyl (C=O) groups is 1. The van der Waals surface area contributed by atoms with Crippen LogP contribution in [0.5, 0.6) is 0 Å². The SMILES string of the molecule is CC(C)NC(=O)CNc1c(Br)cnn(CC2CCC2)c1=O. The van der Waals surface area contributed by atoms with Crippen molar-refractivity contribution in [3.8, 4) is 0 Å². The summed E-state index contributed by atoms with van der Waals surface area (Å²) in [7, 11) is 0. The highest BCUT2D eigenvalue weighted by molar-refractivity contribution is 9.10. The number of amides is 1. The van der Waals surface area contributed by atoms with Crippen molar-refractivity contribution in [2.45, 2.75) is 45.7 Å². The van der Waals surface area contributed by atoms with E-state index >= 15 is 0 Å². The molecule has 2 N–H and O–H groups in total. The quantitative estimate of drug-likeness (QED) is 0.813. The standard InChI is InChI=1S/C14H21BrN4O2/c1-9(2)18-12(20)7-16-13-11(15)6-17-19(14(13)21)8-10-4-3-5-10/h6,9-10,16H,3-5,7-8H2,1-2H3,(H,18,20).